The number of nitrogens with one attached hydrogen (secondary N) is 1. The quantitative estimate of drug-likeness (QED) is 0.770. The van der Waals surface area contributed by atoms with Gasteiger partial charge in [0.25, 0.3) is 0 Å². The molecule has 0 saturated heterocycles. The number of hydrogen-bond acceptors (Lipinski definition) is 4. The summed E-state index contributed by atoms with van der Waals surface area (Å²) in [5, 5.41) is 5.62. The van der Waals surface area contributed by atoms with E-state index < -0.39 is 0 Å². The summed E-state index contributed by atoms with van der Waals surface area (Å²) >= 11 is 1.69. The number of fused-ring (bicyclic) bond motifs is 1. The highest BCUT2D eigenvalue weighted by molar-refractivity contribution is 7.18. The molecule has 1 unspecified atom stereocenters. The molecule has 1 N–H and O–H groups in total. The van der Waals surface area contributed by atoms with Gasteiger partial charge in [-0.25, -0.2) is 9.97 Å². The van der Waals surface area contributed by atoms with Gasteiger partial charge in [-0.1, -0.05) is 29.8 Å². The molecule has 0 aliphatic carbocycles. The fraction of sp³-hybridized carbons (Fsp3) is 0.250. The minimum absolute atomic E-state index is 0.219. The van der Waals surface area contributed by atoms with Crippen LogP contribution in [0.3, 0.4) is 0 Å². The lowest BCUT2D eigenvalue weighted by atomic mass is 10.1. The summed E-state index contributed by atoms with van der Waals surface area (Å²) in [7, 11) is 0. The molecular formula is C16H17N3S. The first-order valence-corrected chi connectivity index (χ1v) is 7.55. The van der Waals surface area contributed by atoms with Crippen molar-refractivity contribution in [2.45, 2.75) is 26.8 Å². The molecule has 3 nitrogen and oxygen atoms in total. The van der Waals surface area contributed by atoms with Gasteiger partial charge in [-0.15, -0.1) is 11.3 Å². The number of thiophene rings is 1. The molecule has 0 amide bonds. The topological polar surface area (TPSA) is 37.8 Å². The van der Waals surface area contributed by atoms with Crippen molar-refractivity contribution in [1.29, 1.82) is 0 Å². The van der Waals surface area contributed by atoms with Crippen LogP contribution in [0.25, 0.3) is 10.2 Å². The minimum atomic E-state index is 0.219. The Kier molecular flexibility index (Phi) is 3.40. The van der Waals surface area contributed by atoms with Crippen molar-refractivity contribution in [3.05, 3.63) is 52.7 Å². The van der Waals surface area contributed by atoms with Crippen LogP contribution in [0, 0.1) is 13.8 Å². The Balaban J connectivity index is 1.91. The van der Waals surface area contributed by atoms with Crippen LogP contribution in [0.15, 0.2) is 36.0 Å². The molecule has 3 rings (SSSR count). The van der Waals surface area contributed by atoms with Crippen LogP contribution in [0.5, 0.6) is 0 Å². The summed E-state index contributed by atoms with van der Waals surface area (Å²) in [5.41, 5.74) is 4.79. The lowest BCUT2D eigenvalue weighted by Crippen LogP contribution is -2.08. The minimum Gasteiger partial charge on any atom is -0.362 e. The van der Waals surface area contributed by atoms with E-state index in [9.17, 15) is 0 Å². The Bertz CT molecular complexity index is 731. The van der Waals surface area contributed by atoms with Gasteiger partial charge in [0.15, 0.2) is 0 Å². The van der Waals surface area contributed by atoms with Gasteiger partial charge in [0, 0.05) is 6.04 Å². The molecule has 0 fully saturated rings. The van der Waals surface area contributed by atoms with Gasteiger partial charge in [-0.3, -0.25) is 0 Å². The third kappa shape index (κ3) is 2.39. The fourth-order valence-corrected chi connectivity index (χ4v) is 3.17. The monoisotopic (exact) mass is 283 g/mol. The van der Waals surface area contributed by atoms with Gasteiger partial charge >= 0.3 is 0 Å². The second-order valence-corrected chi connectivity index (χ2v) is 5.98. The summed E-state index contributed by atoms with van der Waals surface area (Å²) in [6.07, 6.45) is 1.63. The molecule has 0 aliphatic heterocycles. The number of rotatable bonds is 3. The van der Waals surface area contributed by atoms with Gasteiger partial charge in [-0.2, -0.15) is 0 Å². The van der Waals surface area contributed by atoms with Crippen LogP contribution < -0.4 is 5.32 Å². The first-order chi connectivity index (χ1) is 9.65. The Hall–Kier alpha value is -1.94. The van der Waals surface area contributed by atoms with Crippen LogP contribution in [-0.2, 0) is 0 Å². The normalized spacial score (nSPS) is 12.6. The standard InChI is InChI=1S/C16H17N3S/c1-10-4-6-13(7-5-10)12(3)19-16-15-14(17-9-18-16)11(2)8-20-15/h4-9,12H,1-3H3,(H,17,18,19). The lowest BCUT2D eigenvalue weighted by Gasteiger charge is -2.15. The van der Waals surface area contributed by atoms with Crippen molar-refractivity contribution in [2.75, 3.05) is 5.32 Å². The molecular weight excluding hydrogens is 266 g/mol. The highest BCUT2D eigenvalue weighted by Gasteiger charge is 2.11. The molecule has 1 atom stereocenters. The summed E-state index contributed by atoms with van der Waals surface area (Å²) in [4.78, 5) is 8.74. The fourth-order valence-electron chi connectivity index (χ4n) is 2.22. The van der Waals surface area contributed by atoms with Gasteiger partial charge < -0.3 is 5.32 Å². The van der Waals surface area contributed by atoms with E-state index in [1.165, 1.54) is 16.7 Å². The lowest BCUT2D eigenvalue weighted by molar-refractivity contribution is 0.875. The number of aryl methyl sites for hydroxylation is 2. The predicted molar refractivity (Wildman–Crippen MR) is 85.4 cm³/mol. The van der Waals surface area contributed by atoms with E-state index in [-0.39, 0.29) is 6.04 Å². The van der Waals surface area contributed by atoms with Gasteiger partial charge in [0.2, 0.25) is 0 Å². The number of nitrogens with zero attached hydrogens (tertiary/aromatic N) is 2. The summed E-state index contributed by atoms with van der Waals surface area (Å²) in [6, 6.07) is 8.81. The van der Waals surface area contributed by atoms with Crippen LogP contribution in [0.2, 0.25) is 0 Å². The van der Waals surface area contributed by atoms with Crippen molar-refractivity contribution < 1.29 is 0 Å². The van der Waals surface area contributed by atoms with E-state index in [0.717, 1.165) is 16.0 Å². The first-order valence-electron chi connectivity index (χ1n) is 6.67. The maximum absolute atomic E-state index is 4.39. The zero-order chi connectivity index (χ0) is 14.1. The van der Waals surface area contributed by atoms with Crippen molar-refractivity contribution in [2.24, 2.45) is 0 Å². The van der Waals surface area contributed by atoms with E-state index in [0.29, 0.717) is 0 Å². The molecule has 102 valence electrons. The molecule has 20 heavy (non-hydrogen) atoms. The molecule has 0 saturated carbocycles. The Labute approximate surface area is 122 Å². The Morgan fingerprint density at radius 1 is 1.10 bits per heavy atom. The molecule has 2 aromatic heterocycles. The predicted octanol–water partition coefficient (Wildman–Crippen LogP) is 4.48. The number of aromatic nitrogens is 2. The number of hydrogen-bond donors (Lipinski definition) is 1. The molecule has 1 aromatic carbocycles. The molecule has 0 radical (unpaired) electrons. The largest absolute Gasteiger partial charge is 0.362 e. The molecule has 3 aromatic rings. The van der Waals surface area contributed by atoms with E-state index in [2.05, 4.69) is 65.7 Å². The Morgan fingerprint density at radius 2 is 1.85 bits per heavy atom. The van der Waals surface area contributed by atoms with Crippen molar-refractivity contribution in [1.82, 2.24) is 9.97 Å². The summed E-state index contributed by atoms with van der Waals surface area (Å²) in [6.45, 7) is 6.34. The third-order valence-electron chi connectivity index (χ3n) is 3.46. The summed E-state index contributed by atoms with van der Waals surface area (Å²) in [5.74, 6) is 0.918. The van der Waals surface area contributed by atoms with E-state index in [1.54, 1.807) is 17.7 Å². The van der Waals surface area contributed by atoms with E-state index in [1.807, 2.05) is 0 Å². The van der Waals surface area contributed by atoms with E-state index >= 15 is 0 Å². The van der Waals surface area contributed by atoms with Gasteiger partial charge in [0.1, 0.15) is 12.1 Å². The van der Waals surface area contributed by atoms with Gasteiger partial charge in [-0.05, 0) is 37.3 Å². The van der Waals surface area contributed by atoms with Crippen LogP contribution in [0.4, 0.5) is 5.82 Å². The second kappa shape index (κ2) is 5.21. The van der Waals surface area contributed by atoms with Crippen LogP contribution in [0.1, 0.15) is 29.7 Å². The maximum atomic E-state index is 4.39. The van der Waals surface area contributed by atoms with E-state index in [4.69, 9.17) is 0 Å². The average Bonchev–Trinajstić information content (AvgIpc) is 2.82. The molecule has 0 spiro atoms. The smallest absolute Gasteiger partial charge is 0.147 e. The molecule has 4 heteroatoms. The van der Waals surface area contributed by atoms with Crippen LogP contribution >= 0.6 is 11.3 Å². The molecule has 0 aliphatic rings. The second-order valence-electron chi connectivity index (χ2n) is 5.10. The first kappa shape index (κ1) is 13.1. The van der Waals surface area contributed by atoms with Crippen molar-refractivity contribution in [3.63, 3.8) is 0 Å². The van der Waals surface area contributed by atoms with Crippen molar-refractivity contribution >= 4 is 27.4 Å². The number of benzene rings is 1. The zero-order valence-corrected chi connectivity index (χ0v) is 12.7. The maximum Gasteiger partial charge on any atom is 0.147 e. The highest BCUT2D eigenvalue weighted by atomic mass is 32.1. The summed E-state index contributed by atoms with van der Waals surface area (Å²) < 4.78 is 1.13. The highest BCUT2D eigenvalue weighted by Crippen LogP contribution is 2.30. The zero-order valence-electron chi connectivity index (χ0n) is 11.8. The van der Waals surface area contributed by atoms with Crippen LogP contribution in [-0.4, -0.2) is 9.97 Å². The Morgan fingerprint density at radius 3 is 2.60 bits per heavy atom. The van der Waals surface area contributed by atoms with Gasteiger partial charge in [0.05, 0.1) is 10.2 Å². The van der Waals surface area contributed by atoms with Crippen molar-refractivity contribution in [3.8, 4) is 0 Å². The average molecular weight is 283 g/mol. The third-order valence-corrected chi connectivity index (χ3v) is 4.56. The number of anilines is 1. The molecule has 2 heterocycles. The molecule has 0 bridgehead atoms. The SMILES string of the molecule is Cc1ccc(C(C)Nc2ncnc3c(C)csc23)cc1.